The van der Waals surface area contributed by atoms with E-state index >= 15 is 0 Å². The van der Waals surface area contributed by atoms with Crippen molar-refractivity contribution in [1.29, 1.82) is 0 Å². The monoisotopic (exact) mass is 278 g/mol. The maximum atomic E-state index is 5.98. The molecule has 0 amide bonds. The second-order valence-corrected chi connectivity index (χ2v) is 5.52. The first-order valence-corrected chi connectivity index (χ1v) is 7.36. The number of methoxy groups -OCH3 is 1. The molecule has 0 aromatic heterocycles. The Morgan fingerprint density at radius 1 is 1.30 bits per heavy atom. The summed E-state index contributed by atoms with van der Waals surface area (Å²) in [5.74, 6) is 1.61. The van der Waals surface area contributed by atoms with Gasteiger partial charge in [0.2, 0.25) is 0 Å². The molecule has 20 heavy (non-hydrogen) atoms. The number of rotatable bonds is 6. The van der Waals surface area contributed by atoms with Crippen LogP contribution in [-0.4, -0.2) is 45.4 Å². The highest BCUT2D eigenvalue weighted by Gasteiger charge is 2.21. The van der Waals surface area contributed by atoms with E-state index in [0.29, 0.717) is 6.54 Å². The minimum absolute atomic E-state index is 0.267. The Kier molecular flexibility index (Phi) is 5.83. The Morgan fingerprint density at radius 3 is 2.50 bits per heavy atom. The van der Waals surface area contributed by atoms with E-state index in [1.54, 1.807) is 7.11 Å². The SMILES string of the molecule is COc1ccc(C(CN)N(C)CC2CCOCC2)cc1. The molecule has 0 radical (unpaired) electrons. The van der Waals surface area contributed by atoms with Gasteiger partial charge in [-0.25, -0.2) is 0 Å². The van der Waals surface area contributed by atoms with Gasteiger partial charge in [-0.05, 0) is 43.5 Å². The maximum absolute atomic E-state index is 5.98. The molecule has 1 unspecified atom stereocenters. The lowest BCUT2D eigenvalue weighted by molar-refractivity contribution is 0.0507. The number of nitrogens with zero attached hydrogens (tertiary/aromatic N) is 1. The Balaban J connectivity index is 1.98. The third-order valence-electron chi connectivity index (χ3n) is 4.14. The van der Waals surface area contributed by atoms with Gasteiger partial charge in [-0.15, -0.1) is 0 Å². The standard InChI is InChI=1S/C16H26N2O2/c1-18(12-13-7-9-20-10-8-13)16(11-17)14-3-5-15(19-2)6-4-14/h3-6,13,16H,7-12,17H2,1-2H3. The highest BCUT2D eigenvalue weighted by atomic mass is 16.5. The topological polar surface area (TPSA) is 47.7 Å². The van der Waals surface area contributed by atoms with Crippen LogP contribution in [0.25, 0.3) is 0 Å². The average molecular weight is 278 g/mol. The Morgan fingerprint density at radius 2 is 1.95 bits per heavy atom. The van der Waals surface area contributed by atoms with E-state index in [-0.39, 0.29) is 6.04 Å². The minimum Gasteiger partial charge on any atom is -0.497 e. The largest absolute Gasteiger partial charge is 0.497 e. The predicted octanol–water partition coefficient (Wildman–Crippen LogP) is 2.05. The van der Waals surface area contributed by atoms with Crippen molar-refractivity contribution in [3.63, 3.8) is 0 Å². The number of hydrogen-bond donors (Lipinski definition) is 1. The van der Waals surface area contributed by atoms with Crippen molar-refractivity contribution < 1.29 is 9.47 Å². The van der Waals surface area contributed by atoms with Gasteiger partial charge in [0.25, 0.3) is 0 Å². The van der Waals surface area contributed by atoms with Crippen LogP contribution in [-0.2, 0) is 4.74 Å². The molecule has 0 saturated carbocycles. The molecule has 1 saturated heterocycles. The number of nitrogens with two attached hydrogens (primary N) is 1. The van der Waals surface area contributed by atoms with Crippen molar-refractivity contribution in [3.05, 3.63) is 29.8 Å². The molecule has 1 atom stereocenters. The summed E-state index contributed by atoms with van der Waals surface area (Å²) >= 11 is 0. The molecule has 1 aromatic carbocycles. The fraction of sp³-hybridized carbons (Fsp3) is 0.625. The van der Waals surface area contributed by atoms with Gasteiger partial charge in [-0.1, -0.05) is 12.1 Å². The number of likely N-dealkylation sites (N-methyl/N-ethyl adjacent to an activating group) is 1. The Bertz CT molecular complexity index is 388. The van der Waals surface area contributed by atoms with Crippen molar-refractivity contribution in [2.75, 3.05) is 40.5 Å². The molecule has 0 bridgehead atoms. The van der Waals surface area contributed by atoms with Gasteiger partial charge < -0.3 is 15.2 Å². The van der Waals surface area contributed by atoms with Gasteiger partial charge in [-0.2, -0.15) is 0 Å². The van der Waals surface area contributed by atoms with E-state index in [2.05, 4.69) is 24.1 Å². The van der Waals surface area contributed by atoms with E-state index in [0.717, 1.165) is 44.3 Å². The highest BCUT2D eigenvalue weighted by Crippen LogP contribution is 2.24. The van der Waals surface area contributed by atoms with Crippen LogP contribution in [0.4, 0.5) is 0 Å². The second-order valence-electron chi connectivity index (χ2n) is 5.52. The smallest absolute Gasteiger partial charge is 0.118 e. The van der Waals surface area contributed by atoms with Crippen LogP contribution < -0.4 is 10.5 Å². The van der Waals surface area contributed by atoms with Crippen molar-refractivity contribution in [2.45, 2.75) is 18.9 Å². The van der Waals surface area contributed by atoms with Gasteiger partial charge in [0.1, 0.15) is 5.75 Å². The quantitative estimate of drug-likeness (QED) is 0.865. The van der Waals surface area contributed by atoms with E-state index in [4.69, 9.17) is 15.2 Å². The Hall–Kier alpha value is -1.10. The fourth-order valence-electron chi connectivity index (χ4n) is 2.86. The normalized spacial score (nSPS) is 18.2. The van der Waals surface area contributed by atoms with Gasteiger partial charge in [0.15, 0.2) is 0 Å². The zero-order chi connectivity index (χ0) is 14.4. The van der Waals surface area contributed by atoms with Gasteiger partial charge in [0.05, 0.1) is 7.11 Å². The molecular weight excluding hydrogens is 252 g/mol. The second kappa shape index (κ2) is 7.62. The summed E-state index contributed by atoms with van der Waals surface area (Å²) in [5, 5.41) is 0. The molecule has 1 fully saturated rings. The number of benzene rings is 1. The third-order valence-corrected chi connectivity index (χ3v) is 4.14. The summed E-state index contributed by atoms with van der Waals surface area (Å²) in [6.07, 6.45) is 2.31. The van der Waals surface area contributed by atoms with E-state index < -0.39 is 0 Å². The highest BCUT2D eigenvalue weighted by molar-refractivity contribution is 5.29. The number of ether oxygens (including phenoxy) is 2. The summed E-state index contributed by atoms with van der Waals surface area (Å²) in [6, 6.07) is 8.48. The maximum Gasteiger partial charge on any atom is 0.118 e. The molecule has 1 heterocycles. The summed E-state index contributed by atoms with van der Waals surface area (Å²) in [5.41, 5.74) is 7.24. The molecule has 0 aliphatic carbocycles. The molecule has 112 valence electrons. The summed E-state index contributed by atoms with van der Waals surface area (Å²) in [4.78, 5) is 2.37. The van der Waals surface area contributed by atoms with Crippen molar-refractivity contribution in [1.82, 2.24) is 4.90 Å². The van der Waals surface area contributed by atoms with Gasteiger partial charge in [0, 0.05) is 32.3 Å². The molecule has 1 aliphatic heterocycles. The first-order valence-electron chi connectivity index (χ1n) is 7.36. The molecule has 4 nitrogen and oxygen atoms in total. The predicted molar refractivity (Wildman–Crippen MR) is 81.0 cm³/mol. The zero-order valence-corrected chi connectivity index (χ0v) is 12.5. The van der Waals surface area contributed by atoms with E-state index in [9.17, 15) is 0 Å². The van der Waals surface area contributed by atoms with Crippen molar-refractivity contribution in [2.24, 2.45) is 11.7 Å². The van der Waals surface area contributed by atoms with Crippen LogP contribution in [0.15, 0.2) is 24.3 Å². The molecule has 1 aromatic rings. The molecule has 2 N–H and O–H groups in total. The first-order chi connectivity index (χ1) is 9.74. The van der Waals surface area contributed by atoms with Crippen LogP contribution in [0.5, 0.6) is 5.75 Å². The number of hydrogen-bond acceptors (Lipinski definition) is 4. The lowest BCUT2D eigenvalue weighted by Gasteiger charge is -2.32. The van der Waals surface area contributed by atoms with Crippen molar-refractivity contribution in [3.8, 4) is 5.75 Å². The summed E-state index contributed by atoms with van der Waals surface area (Å²) in [7, 11) is 3.85. The van der Waals surface area contributed by atoms with Gasteiger partial charge >= 0.3 is 0 Å². The summed E-state index contributed by atoms with van der Waals surface area (Å²) in [6.45, 7) is 3.51. The third kappa shape index (κ3) is 3.95. The molecule has 4 heteroatoms. The molecular formula is C16H26N2O2. The lowest BCUT2D eigenvalue weighted by atomic mass is 9.98. The average Bonchev–Trinajstić information content (AvgIpc) is 2.49. The fourth-order valence-corrected chi connectivity index (χ4v) is 2.86. The molecule has 0 spiro atoms. The molecule has 1 aliphatic rings. The van der Waals surface area contributed by atoms with Gasteiger partial charge in [-0.3, -0.25) is 4.90 Å². The first kappa shape index (κ1) is 15.3. The zero-order valence-electron chi connectivity index (χ0n) is 12.5. The van der Waals surface area contributed by atoms with E-state index in [1.807, 2.05) is 12.1 Å². The van der Waals surface area contributed by atoms with Crippen LogP contribution in [0.3, 0.4) is 0 Å². The Labute approximate surface area is 121 Å². The lowest BCUT2D eigenvalue weighted by Crippen LogP contribution is -2.36. The van der Waals surface area contributed by atoms with Crippen LogP contribution in [0, 0.1) is 5.92 Å². The molecule has 2 rings (SSSR count). The van der Waals surface area contributed by atoms with E-state index in [1.165, 1.54) is 5.56 Å². The van der Waals surface area contributed by atoms with Crippen molar-refractivity contribution >= 4 is 0 Å². The minimum atomic E-state index is 0.267. The van der Waals surface area contributed by atoms with Crippen LogP contribution >= 0.6 is 0 Å². The van der Waals surface area contributed by atoms with Crippen LogP contribution in [0.1, 0.15) is 24.4 Å². The van der Waals surface area contributed by atoms with Crippen LogP contribution in [0.2, 0.25) is 0 Å². The summed E-state index contributed by atoms with van der Waals surface area (Å²) < 4.78 is 10.6.